The van der Waals surface area contributed by atoms with Gasteiger partial charge in [0.05, 0.1) is 0 Å². The Morgan fingerprint density at radius 1 is 1.61 bits per heavy atom. The van der Waals surface area contributed by atoms with Crippen LogP contribution in [0.2, 0.25) is 0 Å². The van der Waals surface area contributed by atoms with Gasteiger partial charge in [0, 0.05) is 30.6 Å². The van der Waals surface area contributed by atoms with E-state index in [4.69, 9.17) is 11.6 Å². The van der Waals surface area contributed by atoms with E-state index in [9.17, 15) is 4.79 Å². The lowest BCUT2D eigenvalue weighted by atomic mass is 10.2. The summed E-state index contributed by atoms with van der Waals surface area (Å²) in [6.45, 7) is 6.86. The standard InChI is InChI=1S/C13H21ClN2OS/c1-3-11(2)16(7-6-15-13(17)9-14)10-12-5-4-8-18-12/h4-5,8,11H,3,6-7,9-10H2,1-2H3,(H,15,17). The minimum atomic E-state index is -0.100. The van der Waals surface area contributed by atoms with Crippen molar-refractivity contribution in [3.05, 3.63) is 22.4 Å². The first-order chi connectivity index (χ1) is 8.67. The molecule has 0 aliphatic rings. The Morgan fingerprint density at radius 2 is 2.39 bits per heavy atom. The summed E-state index contributed by atoms with van der Waals surface area (Å²) in [6.07, 6.45) is 1.11. The van der Waals surface area contributed by atoms with Gasteiger partial charge in [0.2, 0.25) is 5.91 Å². The molecule has 0 radical (unpaired) electrons. The molecular formula is C13H21ClN2OS. The number of rotatable bonds is 8. The normalized spacial score (nSPS) is 12.7. The summed E-state index contributed by atoms with van der Waals surface area (Å²) in [5.74, 6) is -0.0641. The Balaban J connectivity index is 2.43. The number of halogens is 1. The fraction of sp³-hybridized carbons (Fsp3) is 0.615. The summed E-state index contributed by atoms with van der Waals surface area (Å²) < 4.78 is 0. The average molecular weight is 289 g/mol. The SMILES string of the molecule is CCC(C)N(CCNC(=O)CCl)Cc1cccs1. The van der Waals surface area contributed by atoms with Crippen LogP contribution in [0, 0.1) is 0 Å². The first-order valence-electron chi connectivity index (χ1n) is 6.26. The van der Waals surface area contributed by atoms with Gasteiger partial charge in [-0.15, -0.1) is 22.9 Å². The van der Waals surface area contributed by atoms with Gasteiger partial charge in [0.25, 0.3) is 0 Å². The maximum Gasteiger partial charge on any atom is 0.234 e. The summed E-state index contributed by atoms with van der Waals surface area (Å²) in [6, 6.07) is 4.74. The molecule has 0 saturated heterocycles. The van der Waals surface area contributed by atoms with Gasteiger partial charge in [-0.3, -0.25) is 9.69 Å². The zero-order valence-corrected chi connectivity index (χ0v) is 12.6. The smallest absolute Gasteiger partial charge is 0.234 e. The van der Waals surface area contributed by atoms with Gasteiger partial charge in [-0.25, -0.2) is 0 Å². The van der Waals surface area contributed by atoms with Gasteiger partial charge in [0.15, 0.2) is 0 Å². The average Bonchev–Trinajstić information content (AvgIpc) is 2.89. The van der Waals surface area contributed by atoms with E-state index < -0.39 is 0 Å². The van der Waals surface area contributed by atoms with Crippen molar-refractivity contribution in [1.82, 2.24) is 10.2 Å². The molecule has 0 bridgehead atoms. The van der Waals surface area contributed by atoms with E-state index in [1.807, 2.05) is 0 Å². The molecule has 1 atom stereocenters. The topological polar surface area (TPSA) is 32.3 Å². The molecule has 1 amide bonds. The second-order valence-electron chi connectivity index (χ2n) is 4.29. The Morgan fingerprint density at radius 3 is 2.94 bits per heavy atom. The molecule has 1 aromatic heterocycles. The van der Waals surface area contributed by atoms with Crippen LogP contribution in [-0.4, -0.2) is 35.8 Å². The minimum absolute atomic E-state index is 0.0360. The van der Waals surface area contributed by atoms with E-state index in [1.165, 1.54) is 4.88 Å². The zero-order valence-electron chi connectivity index (χ0n) is 11.0. The maximum atomic E-state index is 11.1. The molecule has 1 heterocycles. The number of amides is 1. The Labute approximate surface area is 118 Å². The Kier molecular flexibility index (Phi) is 7.32. The summed E-state index contributed by atoms with van der Waals surface area (Å²) in [5.41, 5.74) is 0. The van der Waals surface area contributed by atoms with Crippen molar-refractivity contribution in [3.63, 3.8) is 0 Å². The molecule has 1 aromatic rings. The fourth-order valence-electron chi connectivity index (χ4n) is 1.70. The fourth-order valence-corrected chi connectivity index (χ4v) is 2.53. The second kappa shape index (κ2) is 8.51. The van der Waals surface area contributed by atoms with Gasteiger partial charge in [-0.1, -0.05) is 13.0 Å². The molecule has 1 N–H and O–H groups in total. The van der Waals surface area contributed by atoms with Gasteiger partial charge >= 0.3 is 0 Å². The Bertz CT molecular complexity index is 343. The van der Waals surface area contributed by atoms with Crippen LogP contribution in [0.4, 0.5) is 0 Å². The minimum Gasteiger partial charge on any atom is -0.354 e. The van der Waals surface area contributed by atoms with Crippen LogP contribution in [-0.2, 0) is 11.3 Å². The molecule has 0 spiro atoms. The number of hydrogen-bond donors (Lipinski definition) is 1. The molecule has 18 heavy (non-hydrogen) atoms. The van der Waals surface area contributed by atoms with Crippen LogP contribution in [0.3, 0.4) is 0 Å². The number of hydrogen-bond acceptors (Lipinski definition) is 3. The van der Waals surface area contributed by atoms with Crippen molar-refractivity contribution in [2.75, 3.05) is 19.0 Å². The molecular weight excluding hydrogens is 268 g/mol. The number of thiophene rings is 1. The van der Waals surface area contributed by atoms with E-state index in [1.54, 1.807) is 11.3 Å². The molecule has 0 aromatic carbocycles. The predicted octanol–water partition coefficient (Wildman–Crippen LogP) is 2.70. The predicted molar refractivity (Wildman–Crippen MR) is 78.2 cm³/mol. The van der Waals surface area contributed by atoms with Crippen LogP contribution in [0.15, 0.2) is 17.5 Å². The number of nitrogens with zero attached hydrogens (tertiary/aromatic N) is 1. The lowest BCUT2D eigenvalue weighted by molar-refractivity contribution is -0.118. The summed E-state index contributed by atoms with van der Waals surface area (Å²) in [5, 5.41) is 4.91. The molecule has 0 aliphatic heterocycles. The van der Waals surface area contributed by atoms with Crippen molar-refractivity contribution in [2.45, 2.75) is 32.9 Å². The summed E-state index contributed by atoms with van der Waals surface area (Å²) in [4.78, 5) is 14.8. The highest BCUT2D eigenvalue weighted by Crippen LogP contribution is 2.14. The van der Waals surface area contributed by atoms with E-state index in [0.29, 0.717) is 12.6 Å². The highest BCUT2D eigenvalue weighted by Gasteiger charge is 2.13. The molecule has 0 saturated carbocycles. The third-order valence-electron chi connectivity index (χ3n) is 3.00. The molecule has 5 heteroatoms. The summed E-state index contributed by atoms with van der Waals surface area (Å²) in [7, 11) is 0. The van der Waals surface area contributed by atoms with Crippen molar-refractivity contribution < 1.29 is 4.79 Å². The summed E-state index contributed by atoms with van der Waals surface area (Å²) >= 11 is 7.22. The largest absolute Gasteiger partial charge is 0.354 e. The number of alkyl halides is 1. The first kappa shape index (κ1) is 15.5. The van der Waals surface area contributed by atoms with Crippen molar-refractivity contribution in [2.24, 2.45) is 0 Å². The van der Waals surface area contributed by atoms with E-state index in [-0.39, 0.29) is 11.8 Å². The molecule has 102 valence electrons. The van der Waals surface area contributed by atoms with Gasteiger partial charge in [0.1, 0.15) is 5.88 Å². The molecule has 1 rings (SSSR count). The maximum absolute atomic E-state index is 11.1. The van der Waals surface area contributed by atoms with Crippen LogP contribution in [0.5, 0.6) is 0 Å². The van der Waals surface area contributed by atoms with Crippen molar-refractivity contribution in [3.8, 4) is 0 Å². The highest BCUT2D eigenvalue weighted by atomic mass is 35.5. The highest BCUT2D eigenvalue weighted by molar-refractivity contribution is 7.09. The number of carbonyl (C=O) groups is 1. The molecule has 3 nitrogen and oxygen atoms in total. The molecule has 1 unspecified atom stereocenters. The quantitative estimate of drug-likeness (QED) is 0.746. The van der Waals surface area contributed by atoms with Crippen LogP contribution in [0.1, 0.15) is 25.1 Å². The van der Waals surface area contributed by atoms with E-state index in [0.717, 1.165) is 19.5 Å². The lowest BCUT2D eigenvalue weighted by Crippen LogP contribution is -2.39. The monoisotopic (exact) mass is 288 g/mol. The van der Waals surface area contributed by atoms with Crippen molar-refractivity contribution >= 4 is 28.8 Å². The third kappa shape index (κ3) is 5.38. The Hall–Kier alpha value is -0.580. The van der Waals surface area contributed by atoms with E-state index in [2.05, 4.69) is 41.6 Å². The molecule has 0 fully saturated rings. The molecule has 0 aliphatic carbocycles. The van der Waals surface area contributed by atoms with Gasteiger partial charge in [-0.05, 0) is 24.8 Å². The van der Waals surface area contributed by atoms with Gasteiger partial charge in [-0.2, -0.15) is 0 Å². The number of nitrogens with one attached hydrogen (secondary N) is 1. The lowest BCUT2D eigenvalue weighted by Gasteiger charge is -2.27. The number of carbonyl (C=O) groups excluding carboxylic acids is 1. The zero-order chi connectivity index (χ0) is 13.4. The van der Waals surface area contributed by atoms with Crippen LogP contribution >= 0.6 is 22.9 Å². The van der Waals surface area contributed by atoms with Gasteiger partial charge < -0.3 is 5.32 Å². The van der Waals surface area contributed by atoms with E-state index >= 15 is 0 Å². The second-order valence-corrected chi connectivity index (χ2v) is 5.59. The van der Waals surface area contributed by atoms with Crippen molar-refractivity contribution in [1.29, 1.82) is 0 Å². The van der Waals surface area contributed by atoms with Crippen LogP contribution < -0.4 is 5.32 Å². The first-order valence-corrected chi connectivity index (χ1v) is 7.67. The third-order valence-corrected chi connectivity index (χ3v) is 4.10. The van der Waals surface area contributed by atoms with Crippen LogP contribution in [0.25, 0.3) is 0 Å².